The summed E-state index contributed by atoms with van der Waals surface area (Å²) in [6.07, 6.45) is 8.10. The summed E-state index contributed by atoms with van der Waals surface area (Å²) in [5.41, 5.74) is 6.10. The molecule has 8 heteroatoms. The number of carbonyl (C=O) groups is 1. The Morgan fingerprint density at radius 3 is 2.62 bits per heavy atom. The van der Waals surface area contributed by atoms with Gasteiger partial charge in [0, 0.05) is 43.5 Å². The lowest BCUT2D eigenvalue weighted by Crippen LogP contribution is -2.20. The Balaban J connectivity index is 1.42. The van der Waals surface area contributed by atoms with E-state index < -0.39 is 0 Å². The molecule has 0 atom stereocenters. The number of nitrogens with one attached hydrogen (secondary N) is 2. The maximum Gasteiger partial charge on any atom is 0.274 e. The zero-order valence-electron chi connectivity index (χ0n) is 21.6. The van der Waals surface area contributed by atoms with Crippen LogP contribution in [0.4, 0.5) is 22.9 Å². The molecule has 5 rings (SSSR count). The van der Waals surface area contributed by atoms with Gasteiger partial charge in [-0.15, -0.1) is 11.3 Å². The highest BCUT2D eigenvalue weighted by molar-refractivity contribution is 7.14. The number of thiophene rings is 1. The standard InChI is InChI=1S/C29H31N5O2S/c1-18-22(9-7-10-23(18)32-28(35)26-15-19-8-5-6-11-25(19)37-26)20-14-24(29(36)34(4)17-20)31-27-13-12-21(16-30-27)33(2)3/h7,9-10,12-17H,5-6,8,11H2,1-4H3,(H,30,31)(H,32,35). The lowest BCUT2D eigenvalue weighted by Gasteiger charge is -2.15. The second-order valence-corrected chi connectivity index (χ2v) is 10.8. The quantitative estimate of drug-likeness (QED) is 0.343. The largest absolute Gasteiger partial charge is 0.376 e. The number of aromatic nitrogens is 2. The van der Waals surface area contributed by atoms with Gasteiger partial charge in [0.1, 0.15) is 11.5 Å². The summed E-state index contributed by atoms with van der Waals surface area (Å²) in [6, 6.07) is 13.5. The molecule has 0 radical (unpaired) electrons. The number of nitrogens with zero attached hydrogens (tertiary/aromatic N) is 3. The van der Waals surface area contributed by atoms with Gasteiger partial charge in [0.25, 0.3) is 11.5 Å². The highest BCUT2D eigenvalue weighted by Crippen LogP contribution is 2.32. The van der Waals surface area contributed by atoms with E-state index >= 15 is 0 Å². The van der Waals surface area contributed by atoms with Crippen LogP contribution in [-0.2, 0) is 19.9 Å². The Morgan fingerprint density at radius 1 is 1.08 bits per heavy atom. The average molecular weight is 514 g/mol. The molecule has 0 saturated carbocycles. The Labute approximate surface area is 220 Å². The van der Waals surface area contributed by atoms with Gasteiger partial charge in [-0.25, -0.2) is 4.98 Å². The fourth-order valence-corrected chi connectivity index (χ4v) is 5.83. The van der Waals surface area contributed by atoms with Crippen LogP contribution < -0.4 is 21.1 Å². The van der Waals surface area contributed by atoms with Crippen molar-refractivity contribution in [1.82, 2.24) is 9.55 Å². The fourth-order valence-electron chi connectivity index (χ4n) is 4.68. The molecule has 0 aliphatic heterocycles. The molecule has 4 aromatic rings. The van der Waals surface area contributed by atoms with Gasteiger partial charge in [0.15, 0.2) is 0 Å². The Bertz CT molecular complexity index is 1500. The maximum absolute atomic E-state index is 13.1. The molecule has 1 aliphatic rings. The number of fused-ring (bicyclic) bond motifs is 1. The van der Waals surface area contributed by atoms with Crippen LogP contribution in [0.2, 0.25) is 0 Å². The van der Waals surface area contributed by atoms with Gasteiger partial charge >= 0.3 is 0 Å². The van der Waals surface area contributed by atoms with Gasteiger partial charge in [-0.3, -0.25) is 9.59 Å². The molecule has 0 unspecified atom stereocenters. The number of pyridine rings is 2. The summed E-state index contributed by atoms with van der Waals surface area (Å²) < 4.78 is 1.56. The van der Waals surface area contributed by atoms with Crippen LogP contribution in [0.25, 0.3) is 11.1 Å². The predicted molar refractivity (Wildman–Crippen MR) is 153 cm³/mol. The lowest BCUT2D eigenvalue weighted by atomic mass is 9.99. The Kier molecular flexibility index (Phi) is 6.84. The number of carbonyl (C=O) groups excluding carboxylic acids is 1. The summed E-state index contributed by atoms with van der Waals surface area (Å²) in [7, 11) is 5.64. The van der Waals surface area contributed by atoms with Crippen molar-refractivity contribution >= 4 is 40.1 Å². The third kappa shape index (κ3) is 5.15. The minimum atomic E-state index is -0.147. The molecule has 0 saturated heterocycles. The summed E-state index contributed by atoms with van der Waals surface area (Å²) in [5, 5.41) is 6.28. The van der Waals surface area contributed by atoms with E-state index in [9.17, 15) is 9.59 Å². The molecule has 1 aromatic carbocycles. The van der Waals surface area contributed by atoms with E-state index in [0.29, 0.717) is 11.5 Å². The van der Waals surface area contributed by atoms with Crippen LogP contribution in [0, 0.1) is 6.92 Å². The number of hydrogen-bond donors (Lipinski definition) is 2. The number of anilines is 4. The van der Waals surface area contributed by atoms with E-state index in [1.807, 2.05) is 68.5 Å². The van der Waals surface area contributed by atoms with Crippen LogP contribution in [0.5, 0.6) is 0 Å². The first kappa shape index (κ1) is 24.8. The smallest absolute Gasteiger partial charge is 0.274 e. The van der Waals surface area contributed by atoms with E-state index in [1.165, 1.54) is 23.3 Å². The van der Waals surface area contributed by atoms with Gasteiger partial charge in [-0.2, -0.15) is 0 Å². The van der Waals surface area contributed by atoms with Gasteiger partial charge in [-0.1, -0.05) is 12.1 Å². The predicted octanol–water partition coefficient (Wildman–Crippen LogP) is 5.76. The second kappa shape index (κ2) is 10.2. The molecule has 2 N–H and O–H groups in total. The van der Waals surface area contributed by atoms with Crippen molar-refractivity contribution in [3.8, 4) is 11.1 Å². The molecule has 37 heavy (non-hydrogen) atoms. The van der Waals surface area contributed by atoms with E-state index in [0.717, 1.165) is 45.8 Å². The Morgan fingerprint density at radius 2 is 1.89 bits per heavy atom. The van der Waals surface area contributed by atoms with Crippen molar-refractivity contribution in [2.24, 2.45) is 7.05 Å². The third-order valence-corrected chi connectivity index (χ3v) is 8.06. The fraction of sp³-hybridized carbons (Fsp3) is 0.276. The number of amides is 1. The van der Waals surface area contributed by atoms with Crippen molar-refractivity contribution in [2.45, 2.75) is 32.6 Å². The summed E-state index contributed by atoms with van der Waals surface area (Å²) in [6.45, 7) is 1.99. The molecule has 1 aliphatic carbocycles. The zero-order chi connectivity index (χ0) is 26.1. The van der Waals surface area contributed by atoms with Gasteiger partial charge < -0.3 is 20.1 Å². The normalized spacial score (nSPS) is 12.6. The van der Waals surface area contributed by atoms with Gasteiger partial charge in [0.05, 0.1) is 16.8 Å². The van der Waals surface area contributed by atoms with Crippen LogP contribution in [0.3, 0.4) is 0 Å². The van der Waals surface area contributed by atoms with E-state index in [2.05, 4.69) is 21.7 Å². The molecule has 0 fully saturated rings. The SMILES string of the molecule is Cc1c(NC(=O)c2cc3c(s2)CCCC3)cccc1-c1cc(Nc2ccc(N(C)C)cn2)c(=O)n(C)c1. The molecule has 3 aromatic heterocycles. The lowest BCUT2D eigenvalue weighted by molar-refractivity contribution is 0.103. The maximum atomic E-state index is 13.1. The second-order valence-electron chi connectivity index (χ2n) is 9.68. The van der Waals surface area contributed by atoms with Crippen LogP contribution in [-0.4, -0.2) is 29.6 Å². The first-order chi connectivity index (χ1) is 17.8. The third-order valence-electron chi connectivity index (χ3n) is 6.82. The average Bonchev–Trinajstić information content (AvgIpc) is 3.33. The van der Waals surface area contributed by atoms with Crippen LogP contribution >= 0.6 is 11.3 Å². The van der Waals surface area contributed by atoms with E-state index in [-0.39, 0.29) is 11.5 Å². The van der Waals surface area contributed by atoms with Crippen molar-refractivity contribution in [2.75, 3.05) is 29.6 Å². The van der Waals surface area contributed by atoms with E-state index in [1.54, 1.807) is 29.1 Å². The number of aryl methyl sites for hydroxylation is 3. The molecular weight excluding hydrogens is 482 g/mol. The summed E-state index contributed by atoms with van der Waals surface area (Å²) in [5.74, 6) is 0.519. The molecule has 0 bridgehead atoms. The monoisotopic (exact) mass is 513 g/mol. The van der Waals surface area contributed by atoms with Crippen molar-refractivity contribution < 1.29 is 4.79 Å². The van der Waals surface area contributed by atoms with Crippen molar-refractivity contribution in [3.05, 3.63) is 86.1 Å². The number of rotatable bonds is 6. The number of hydrogen-bond acceptors (Lipinski definition) is 6. The molecular formula is C29H31N5O2S. The zero-order valence-corrected chi connectivity index (χ0v) is 22.4. The minimum absolute atomic E-state index is 0.0743. The Hall–Kier alpha value is -3.91. The van der Waals surface area contributed by atoms with Crippen LogP contribution in [0.15, 0.2) is 59.7 Å². The van der Waals surface area contributed by atoms with Crippen LogP contribution in [0.1, 0.15) is 38.5 Å². The minimum Gasteiger partial charge on any atom is -0.376 e. The molecule has 1 amide bonds. The highest BCUT2D eigenvalue weighted by atomic mass is 32.1. The molecule has 190 valence electrons. The topological polar surface area (TPSA) is 79.3 Å². The van der Waals surface area contributed by atoms with Crippen molar-refractivity contribution in [3.63, 3.8) is 0 Å². The molecule has 7 nitrogen and oxygen atoms in total. The first-order valence-corrected chi connectivity index (χ1v) is 13.3. The van der Waals surface area contributed by atoms with Gasteiger partial charge in [0.2, 0.25) is 0 Å². The van der Waals surface area contributed by atoms with Crippen molar-refractivity contribution in [1.29, 1.82) is 0 Å². The highest BCUT2D eigenvalue weighted by Gasteiger charge is 2.19. The molecule has 3 heterocycles. The summed E-state index contributed by atoms with van der Waals surface area (Å²) in [4.78, 5) is 34.5. The van der Waals surface area contributed by atoms with Gasteiger partial charge in [-0.05, 0) is 79.6 Å². The number of benzene rings is 1. The molecule has 0 spiro atoms. The summed E-state index contributed by atoms with van der Waals surface area (Å²) >= 11 is 1.61. The first-order valence-electron chi connectivity index (χ1n) is 12.4. The van der Waals surface area contributed by atoms with E-state index in [4.69, 9.17) is 0 Å².